The van der Waals surface area contributed by atoms with E-state index < -0.39 is 0 Å². The fourth-order valence-electron chi connectivity index (χ4n) is 1.45. The molecule has 2 aromatic rings. The highest BCUT2D eigenvalue weighted by Crippen LogP contribution is 2.31. The molecule has 1 N–H and O–H groups in total. The summed E-state index contributed by atoms with van der Waals surface area (Å²) in [4.78, 5) is 4.26. The van der Waals surface area contributed by atoms with E-state index in [-0.39, 0.29) is 0 Å². The second-order valence-electron chi connectivity index (χ2n) is 3.67. The Labute approximate surface area is 132 Å². The third kappa shape index (κ3) is 3.77. The van der Waals surface area contributed by atoms with Gasteiger partial charge < -0.3 is 4.74 Å². The molecular weight excluding hydrogens is 394 g/mol. The number of benzene rings is 1. The van der Waals surface area contributed by atoms with Gasteiger partial charge in [-0.2, -0.15) is 5.10 Å². The van der Waals surface area contributed by atoms with Crippen molar-refractivity contribution >= 4 is 54.5 Å². The second kappa shape index (κ2) is 6.49. The fraction of sp³-hybridized carbons (Fsp3) is 0.167. The maximum atomic E-state index is 5.34. The van der Waals surface area contributed by atoms with Crippen LogP contribution in [0.4, 0.5) is 5.13 Å². The van der Waals surface area contributed by atoms with Crippen molar-refractivity contribution in [3.05, 3.63) is 37.7 Å². The molecule has 1 heterocycles. The van der Waals surface area contributed by atoms with E-state index in [2.05, 4.69) is 47.4 Å². The van der Waals surface area contributed by atoms with Crippen LogP contribution in [0.25, 0.3) is 0 Å². The van der Waals surface area contributed by atoms with Gasteiger partial charge in [0.25, 0.3) is 0 Å². The Morgan fingerprint density at radius 1 is 1.42 bits per heavy atom. The summed E-state index contributed by atoms with van der Waals surface area (Å²) in [5.74, 6) is 0.740. The van der Waals surface area contributed by atoms with Gasteiger partial charge in [-0.05, 0) is 35.0 Å². The Morgan fingerprint density at radius 3 is 2.84 bits per heavy atom. The molecule has 0 spiro atoms. The van der Waals surface area contributed by atoms with Gasteiger partial charge in [0.15, 0.2) is 0 Å². The van der Waals surface area contributed by atoms with Crippen LogP contribution in [0, 0.1) is 6.92 Å². The first-order valence-corrected chi connectivity index (χ1v) is 7.81. The van der Waals surface area contributed by atoms with Crippen LogP contribution in [-0.2, 0) is 0 Å². The van der Waals surface area contributed by atoms with Gasteiger partial charge in [0.2, 0.25) is 5.13 Å². The number of nitrogens with zero attached hydrogens (tertiary/aromatic N) is 2. The van der Waals surface area contributed by atoms with Crippen molar-refractivity contribution in [3.8, 4) is 5.75 Å². The molecule has 100 valence electrons. The molecule has 0 aliphatic carbocycles. The first-order chi connectivity index (χ1) is 9.10. The van der Waals surface area contributed by atoms with Gasteiger partial charge in [0.1, 0.15) is 5.75 Å². The highest BCUT2D eigenvalue weighted by atomic mass is 79.9. The van der Waals surface area contributed by atoms with E-state index in [0.29, 0.717) is 0 Å². The number of aryl methyl sites for hydroxylation is 1. The maximum absolute atomic E-state index is 5.34. The highest BCUT2D eigenvalue weighted by molar-refractivity contribution is 9.11. The smallest absolute Gasteiger partial charge is 0.203 e. The zero-order valence-corrected chi connectivity index (χ0v) is 14.3. The lowest BCUT2D eigenvalue weighted by molar-refractivity contribution is 0.411. The molecule has 7 heteroatoms. The van der Waals surface area contributed by atoms with E-state index in [0.717, 1.165) is 31.1 Å². The number of thiazole rings is 1. The molecule has 0 unspecified atom stereocenters. The van der Waals surface area contributed by atoms with Crippen LogP contribution in [0.15, 0.2) is 31.6 Å². The van der Waals surface area contributed by atoms with E-state index in [9.17, 15) is 0 Å². The number of ether oxygens (including phenoxy) is 1. The Balaban J connectivity index is 2.18. The first kappa shape index (κ1) is 14.5. The molecule has 4 nitrogen and oxygen atoms in total. The first-order valence-electron chi connectivity index (χ1n) is 5.34. The number of hydrogen-bond donors (Lipinski definition) is 1. The van der Waals surface area contributed by atoms with E-state index in [4.69, 9.17) is 4.74 Å². The third-order valence-corrected chi connectivity index (χ3v) is 4.14. The summed E-state index contributed by atoms with van der Waals surface area (Å²) in [7, 11) is 1.63. The monoisotopic (exact) mass is 403 g/mol. The summed E-state index contributed by atoms with van der Waals surface area (Å²) in [5.41, 5.74) is 4.74. The number of rotatable bonds is 4. The van der Waals surface area contributed by atoms with Crippen LogP contribution >= 0.6 is 43.2 Å². The van der Waals surface area contributed by atoms with Crippen LogP contribution in [0.3, 0.4) is 0 Å². The van der Waals surface area contributed by atoms with E-state index in [1.807, 2.05) is 24.4 Å². The van der Waals surface area contributed by atoms with Crippen molar-refractivity contribution in [2.45, 2.75) is 6.92 Å². The number of halogens is 2. The number of anilines is 1. The average molecular weight is 405 g/mol. The van der Waals surface area contributed by atoms with Crippen molar-refractivity contribution in [3.63, 3.8) is 0 Å². The Bertz CT molecular complexity index is 613. The Hall–Kier alpha value is -0.920. The van der Waals surface area contributed by atoms with Crippen LogP contribution in [-0.4, -0.2) is 18.3 Å². The lowest BCUT2D eigenvalue weighted by atomic mass is 10.2. The minimum atomic E-state index is 0.740. The van der Waals surface area contributed by atoms with Gasteiger partial charge in [-0.15, -0.1) is 11.3 Å². The predicted molar refractivity (Wildman–Crippen MR) is 86.5 cm³/mol. The molecule has 19 heavy (non-hydrogen) atoms. The highest BCUT2D eigenvalue weighted by Gasteiger charge is 2.07. The van der Waals surface area contributed by atoms with Gasteiger partial charge in [0, 0.05) is 15.4 Å². The van der Waals surface area contributed by atoms with Crippen molar-refractivity contribution in [1.82, 2.24) is 4.98 Å². The van der Waals surface area contributed by atoms with Gasteiger partial charge in [-0.25, -0.2) is 4.98 Å². The van der Waals surface area contributed by atoms with E-state index in [1.165, 1.54) is 11.3 Å². The topological polar surface area (TPSA) is 46.5 Å². The fourth-order valence-corrected chi connectivity index (χ4v) is 3.51. The second-order valence-corrected chi connectivity index (χ2v) is 6.30. The maximum Gasteiger partial charge on any atom is 0.203 e. The predicted octanol–water partition coefficient (Wildman–Crippen LogP) is 4.43. The van der Waals surface area contributed by atoms with Crippen molar-refractivity contribution in [2.75, 3.05) is 12.5 Å². The van der Waals surface area contributed by atoms with Crippen LogP contribution < -0.4 is 10.2 Å². The number of hydrazone groups is 1. The van der Waals surface area contributed by atoms with Crippen molar-refractivity contribution in [2.24, 2.45) is 5.10 Å². The normalized spacial score (nSPS) is 10.9. The van der Waals surface area contributed by atoms with Gasteiger partial charge in [-0.1, -0.05) is 15.9 Å². The SMILES string of the molecule is COc1c(Br)cc(Br)cc1/C=N\Nc1nc(C)cs1. The van der Waals surface area contributed by atoms with Crippen molar-refractivity contribution in [1.29, 1.82) is 0 Å². The number of hydrogen-bond acceptors (Lipinski definition) is 5. The molecule has 0 bridgehead atoms. The third-order valence-electron chi connectivity index (χ3n) is 2.22. The molecule has 0 aliphatic heterocycles. The van der Waals surface area contributed by atoms with E-state index in [1.54, 1.807) is 13.3 Å². The molecule has 0 aliphatic rings. The average Bonchev–Trinajstić information content (AvgIpc) is 2.74. The molecule has 1 aromatic carbocycles. The molecular formula is C12H11Br2N3OS. The molecule has 0 atom stereocenters. The van der Waals surface area contributed by atoms with Gasteiger partial charge >= 0.3 is 0 Å². The molecule has 0 radical (unpaired) electrons. The van der Waals surface area contributed by atoms with Gasteiger partial charge in [0.05, 0.1) is 23.5 Å². The summed E-state index contributed by atoms with van der Waals surface area (Å²) in [6.45, 7) is 1.94. The number of aromatic nitrogens is 1. The molecule has 0 fully saturated rings. The summed E-state index contributed by atoms with van der Waals surface area (Å²) in [6.07, 6.45) is 1.70. The lowest BCUT2D eigenvalue weighted by Crippen LogP contribution is -1.95. The molecule has 2 rings (SSSR count). The lowest BCUT2D eigenvalue weighted by Gasteiger charge is -2.07. The molecule has 0 saturated carbocycles. The summed E-state index contributed by atoms with van der Waals surface area (Å²) in [6, 6.07) is 3.86. The minimum absolute atomic E-state index is 0.740. The minimum Gasteiger partial charge on any atom is -0.495 e. The van der Waals surface area contributed by atoms with Crippen LogP contribution in [0.1, 0.15) is 11.3 Å². The van der Waals surface area contributed by atoms with E-state index >= 15 is 0 Å². The van der Waals surface area contributed by atoms with Crippen molar-refractivity contribution < 1.29 is 4.74 Å². The zero-order chi connectivity index (χ0) is 13.8. The molecule has 1 aromatic heterocycles. The summed E-state index contributed by atoms with van der Waals surface area (Å²) in [5, 5.41) is 6.90. The number of nitrogens with one attached hydrogen (secondary N) is 1. The molecule has 0 amide bonds. The molecule has 0 saturated heterocycles. The number of methoxy groups -OCH3 is 1. The zero-order valence-electron chi connectivity index (χ0n) is 10.3. The van der Waals surface area contributed by atoms with Crippen LogP contribution in [0.2, 0.25) is 0 Å². The largest absolute Gasteiger partial charge is 0.495 e. The Kier molecular flexibility index (Phi) is 4.95. The standard InChI is InChI=1S/C12H11Br2N3OS/c1-7-6-19-12(16-7)17-15-5-8-3-9(13)4-10(14)11(8)18-2/h3-6H,1-2H3,(H,16,17)/b15-5-. The summed E-state index contributed by atoms with van der Waals surface area (Å²) < 4.78 is 7.16. The van der Waals surface area contributed by atoms with Gasteiger partial charge in [-0.3, -0.25) is 5.43 Å². The Morgan fingerprint density at radius 2 is 2.21 bits per heavy atom. The quantitative estimate of drug-likeness (QED) is 0.605. The van der Waals surface area contributed by atoms with Crippen LogP contribution in [0.5, 0.6) is 5.75 Å². The summed E-state index contributed by atoms with van der Waals surface area (Å²) >= 11 is 8.40.